The van der Waals surface area contributed by atoms with E-state index < -0.39 is 41.0 Å². The number of nitrogens with zero attached hydrogens (tertiary/aromatic N) is 2. The number of carbonyl (C=O) groups excluding carboxylic acids is 1. The predicted molar refractivity (Wildman–Crippen MR) is 50.3 cm³/mol. The smallest absolute Gasteiger partial charge is 0.418 e. The summed E-state index contributed by atoms with van der Waals surface area (Å²) in [5.41, 5.74) is -5.78. The number of carbonyl (C=O) groups is 1. The van der Waals surface area contributed by atoms with Crippen LogP contribution in [0.2, 0.25) is 0 Å². The topological polar surface area (TPSA) is 63.0 Å². The summed E-state index contributed by atoms with van der Waals surface area (Å²) in [5, 5.41) is 8.52. The Morgan fingerprint density at radius 3 is 2.42 bits per heavy atom. The number of rotatable bonds is 2. The zero-order valence-corrected chi connectivity index (χ0v) is 9.26. The largest absolute Gasteiger partial charge is 0.464 e. The zero-order valence-electron chi connectivity index (χ0n) is 9.26. The van der Waals surface area contributed by atoms with Gasteiger partial charge in [-0.25, -0.2) is 18.6 Å². The maximum atomic E-state index is 12.8. The normalized spacial score (nSPS) is 11.3. The number of pyridine rings is 1. The molecule has 9 heteroatoms. The summed E-state index contributed by atoms with van der Waals surface area (Å²) in [5.74, 6) is -1.44. The van der Waals surface area contributed by atoms with Crippen molar-refractivity contribution in [1.29, 1.82) is 5.26 Å². The number of methoxy groups -OCH3 is 1. The van der Waals surface area contributed by atoms with Gasteiger partial charge in [-0.1, -0.05) is 0 Å². The van der Waals surface area contributed by atoms with E-state index in [1.54, 1.807) is 0 Å². The van der Waals surface area contributed by atoms with Crippen molar-refractivity contribution in [2.24, 2.45) is 0 Å². The third-order valence-corrected chi connectivity index (χ3v) is 2.12. The lowest BCUT2D eigenvalue weighted by molar-refractivity contribution is -0.139. The van der Waals surface area contributed by atoms with E-state index >= 15 is 0 Å². The van der Waals surface area contributed by atoms with Crippen molar-refractivity contribution in [3.05, 3.63) is 28.6 Å². The van der Waals surface area contributed by atoms with Crippen LogP contribution in [0, 0.1) is 11.3 Å². The molecule has 4 nitrogen and oxygen atoms in total. The number of hydrogen-bond donors (Lipinski definition) is 0. The molecule has 19 heavy (non-hydrogen) atoms. The maximum absolute atomic E-state index is 12.8. The van der Waals surface area contributed by atoms with Crippen molar-refractivity contribution < 1.29 is 31.5 Å². The summed E-state index contributed by atoms with van der Waals surface area (Å²) in [6.07, 6.45) is -8.45. The Hall–Kier alpha value is -2.24. The first-order chi connectivity index (χ1) is 8.73. The molecule has 1 heterocycles. The van der Waals surface area contributed by atoms with E-state index in [-0.39, 0.29) is 0 Å². The van der Waals surface area contributed by atoms with Crippen molar-refractivity contribution in [1.82, 2.24) is 4.98 Å². The molecule has 0 aliphatic rings. The SMILES string of the molecule is COC(=O)c1ncc(C#N)c(C(F)(F)F)c1C(F)F. The van der Waals surface area contributed by atoms with Crippen LogP contribution in [0.3, 0.4) is 0 Å². The molecule has 0 amide bonds. The van der Waals surface area contributed by atoms with E-state index in [1.165, 1.54) is 0 Å². The first kappa shape index (κ1) is 14.8. The Kier molecular flexibility index (Phi) is 4.04. The Morgan fingerprint density at radius 1 is 1.47 bits per heavy atom. The van der Waals surface area contributed by atoms with Crippen molar-refractivity contribution in [2.45, 2.75) is 12.6 Å². The Bertz CT molecular complexity index is 548. The molecule has 0 aliphatic heterocycles. The fourth-order valence-electron chi connectivity index (χ4n) is 1.39. The third kappa shape index (κ3) is 2.78. The van der Waals surface area contributed by atoms with Crippen molar-refractivity contribution in [2.75, 3.05) is 7.11 Å². The molecule has 0 aromatic carbocycles. The summed E-state index contributed by atoms with van der Waals surface area (Å²) in [7, 11) is 0.810. The van der Waals surface area contributed by atoms with Gasteiger partial charge in [0.25, 0.3) is 6.43 Å². The second kappa shape index (κ2) is 5.17. The van der Waals surface area contributed by atoms with Crippen LogP contribution in [0.5, 0.6) is 0 Å². The predicted octanol–water partition coefficient (Wildman–Crippen LogP) is 2.70. The highest BCUT2D eigenvalue weighted by atomic mass is 19.4. The van der Waals surface area contributed by atoms with Crippen LogP contribution >= 0.6 is 0 Å². The van der Waals surface area contributed by atoms with Gasteiger partial charge in [-0.05, 0) is 0 Å². The van der Waals surface area contributed by atoms with E-state index in [4.69, 9.17) is 5.26 Å². The van der Waals surface area contributed by atoms with E-state index in [1.807, 2.05) is 0 Å². The van der Waals surface area contributed by atoms with E-state index in [0.717, 1.165) is 13.2 Å². The highest BCUT2D eigenvalue weighted by molar-refractivity contribution is 5.89. The van der Waals surface area contributed by atoms with E-state index in [2.05, 4.69) is 9.72 Å². The molecule has 0 spiro atoms. The lowest BCUT2D eigenvalue weighted by Crippen LogP contribution is -2.19. The van der Waals surface area contributed by atoms with Gasteiger partial charge in [0.1, 0.15) is 6.07 Å². The van der Waals surface area contributed by atoms with Gasteiger partial charge in [-0.2, -0.15) is 18.4 Å². The number of aromatic nitrogens is 1. The number of alkyl halides is 5. The molecule has 1 aromatic rings. The summed E-state index contributed by atoms with van der Waals surface area (Å²) < 4.78 is 67.8. The second-order valence-corrected chi connectivity index (χ2v) is 3.21. The molecular formula is C10H5F5N2O2. The monoisotopic (exact) mass is 280 g/mol. The van der Waals surface area contributed by atoms with Gasteiger partial charge in [0.2, 0.25) is 0 Å². The van der Waals surface area contributed by atoms with E-state index in [0.29, 0.717) is 6.20 Å². The lowest BCUT2D eigenvalue weighted by Gasteiger charge is -2.15. The van der Waals surface area contributed by atoms with E-state index in [9.17, 15) is 26.7 Å². The van der Waals surface area contributed by atoms with Gasteiger partial charge in [0, 0.05) is 6.20 Å². The fourth-order valence-corrected chi connectivity index (χ4v) is 1.39. The molecule has 0 saturated carbocycles. The van der Waals surface area contributed by atoms with Crippen LogP contribution < -0.4 is 0 Å². The highest BCUT2D eigenvalue weighted by Gasteiger charge is 2.41. The quantitative estimate of drug-likeness (QED) is 0.617. The molecule has 0 atom stereocenters. The van der Waals surface area contributed by atoms with Crippen molar-refractivity contribution >= 4 is 5.97 Å². The van der Waals surface area contributed by atoms with Gasteiger partial charge in [-0.3, -0.25) is 0 Å². The van der Waals surface area contributed by atoms with Crippen LogP contribution in [0.25, 0.3) is 0 Å². The molecule has 1 rings (SSSR count). The first-order valence-electron chi connectivity index (χ1n) is 4.60. The number of hydrogen-bond acceptors (Lipinski definition) is 4. The standard InChI is InChI=1S/C10H5F5N2O2/c1-19-9(18)7-5(8(11)12)6(10(13,14)15)4(2-16)3-17-7/h3,8H,1H3. The molecule has 0 saturated heterocycles. The van der Waals surface area contributed by atoms with Gasteiger partial charge in [0.05, 0.1) is 23.8 Å². The number of ether oxygens (including phenoxy) is 1. The van der Waals surface area contributed by atoms with Crippen LogP contribution in [-0.4, -0.2) is 18.1 Å². The van der Waals surface area contributed by atoms with Crippen molar-refractivity contribution in [3.8, 4) is 6.07 Å². The summed E-state index contributed by atoms with van der Waals surface area (Å²) in [6, 6.07) is 1.11. The molecule has 0 fully saturated rings. The first-order valence-corrected chi connectivity index (χ1v) is 4.60. The minimum absolute atomic E-state index is 0.404. The van der Waals surface area contributed by atoms with Crippen LogP contribution in [0.15, 0.2) is 6.20 Å². The van der Waals surface area contributed by atoms with Crippen LogP contribution in [0.4, 0.5) is 22.0 Å². The minimum Gasteiger partial charge on any atom is -0.464 e. The summed E-state index contributed by atoms with van der Waals surface area (Å²) in [4.78, 5) is 14.3. The number of halogens is 5. The van der Waals surface area contributed by atoms with Crippen LogP contribution in [-0.2, 0) is 10.9 Å². The number of esters is 1. The molecule has 1 aromatic heterocycles. The lowest BCUT2D eigenvalue weighted by atomic mass is 10.0. The molecule has 0 radical (unpaired) electrons. The fraction of sp³-hybridized carbons (Fsp3) is 0.300. The molecular weight excluding hydrogens is 275 g/mol. The van der Waals surface area contributed by atoms with Gasteiger partial charge in [0.15, 0.2) is 5.69 Å². The Balaban J connectivity index is 3.75. The average Bonchev–Trinajstić information content (AvgIpc) is 2.34. The molecule has 0 N–H and O–H groups in total. The van der Waals surface area contributed by atoms with Crippen molar-refractivity contribution in [3.63, 3.8) is 0 Å². The number of nitriles is 1. The molecule has 0 aliphatic carbocycles. The minimum atomic E-state index is -5.22. The maximum Gasteiger partial charge on any atom is 0.418 e. The zero-order chi connectivity index (χ0) is 14.8. The average molecular weight is 280 g/mol. The highest BCUT2D eigenvalue weighted by Crippen LogP contribution is 2.39. The molecule has 102 valence electrons. The molecule has 0 bridgehead atoms. The third-order valence-electron chi connectivity index (χ3n) is 2.12. The second-order valence-electron chi connectivity index (χ2n) is 3.21. The molecule has 0 unspecified atom stereocenters. The van der Waals surface area contributed by atoms with Gasteiger partial charge >= 0.3 is 12.1 Å². The Labute approximate surface area is 103 Å². The summed E-state index contributed by atoms with van der Waals surface area (Å²) in [6.45, 7) is 0. The van der Waals surface area contributed by atoms with Crippen LogP contribution in [0.1, 0.15) is 33.6 Å². The Morgan fingerprint density at radius 2 is 2.05 bits per heavy atom. The van der Waals surface area contributed by atoms with Gasteiger partial charge < -0.3 is 4.74 Å². The van der Waals surface area contributed by atoms with Gasteiger partial charge in [-0.15, -0.1) is 0 Å². The summed E-state index contributed by atoms with van der Waals surface area (Å²) >= 11 is 0.